The van der Waals surface area contributed by atoms with E-state index in [4.69, 9.17) is 21.1 Å². The predicted molar refractivity (Wildman–Crippen MR) is 78.8 cm³/mol. The Morgan fingerprint density at radius 2 is 2.15 bits per heavy atom. The van der Waals surface area contributed by atoms with Crippen LogP contribution in [0.4, 0.5) is 5.82 Å². The molecule has 0 aliphatic rings. The Hall–Kier alpha value is -2.01. The summed E-state index contributed by atoms with van der Waals surface area (Å²) in [5.41, 5.74) is 1.17. The molecule has 0 spiro atoms. The Bertz CT molecular complexity index is 578. The lowest BCUT2D eigenvalue weighted by atomic mass is 10.2. The third kappa shape index (κ3) is 3.74. The molecule has 0 aliphatic heterocycles. The van der Waals surface area contributed by atoms with Crippen molar-refractivity contribution < 1.29 is 9.47 Å². The summed E-state index contributed by atoms with van der Waals surface area (Å²) in [5, 5.41) is 3.39. The number of nitrogens with one attached hydrogen (secondary N) is 1. The van der Waals surface area contributed by atoms with Gasteiger partial charge in [-0.15, -0.1) is 0 Å². The number of aromatic nitrogens is 2. The summed E-state index contributed by atoms with van der Waals surface area (Å²) >= 11 is 5.91. The van der Waals surface area contributed by atoms with Crippen LogP contribution in [0.2, 0.25) is 5.15 Å². The van der Waals surface area contributed by atoms with Crippen LogP contribution in [0.25, 0.3) is 0 Å². The van der Waals surface area contributed by atoms with Crippen molar-refractivity contribution in [2.24, 2.45) is 0 Å². The van der Waals surface area contributed by atoms with Crippen molar-refractivity contribution in [1.82, 2.24) is 9.97 Å². The molecule has 0 unspecified atom stereocenters. The molecule has 2 rings (SSSR count). The van der Waals surface area contributed by atoms with Crippen LogP contribution in [0.3, 0.4) is 0 Å². The smallest absolute Gasteiger partial charge is 0.198 e. The highest BCUT2D eigenvalue weighted by Crippen LogP contribution is 2.27. The molecule has 106 valence electrons. The van der Waals surface area contributed by atoms with Gasteiger partial charge in [0.15, 0.2) is 16.7 Å². The van der Waals surface area contributed by atoms with Crippen LogP contribution in [0.15, 0.2) is 30.6 Å². The largest absolute Gasteiger partial charge is 0.492 e. The molecule has 0 amide bonds. The van der Waals surface area contributed by atoms with Gasteiger partial charge in [0.2, 0.25) is 0 Å². The number of nitrogens with zero attached hydrogens (tertiary/aromatic N) is 2. The van der Waals surface area contributed by atoms with Crippen molar-refractivity contribution in [3.63, 3.8) is 0 Å². The van der Waals surface area contributed by atoms with Crippen molar-refractivity contribution in [1.29, 1.82) is 0 Å². The van der Waals surface area contributed by atoms with Gasteiger partial charge < -0.3 is 14.8 Å². The molecular formula is C14H16ClN3O2. The van der Waals surface area contributed by atoms with Crippen LogP contribution in [-0.4, -0.2) is 30.2 Å². The minimum atomic E-state index is 0.282. The first-order valence-electron chi connectivity index (χ1n) is 6.18. The molecule has 0 radical (unpaired) electrons. The lowest BCUT2D eigenvalue weighted by Gasteiger charge is -2.11. The fraction of sp³-hybridized carbons (Fsp3) is 0.286. The van der Waals surface area contributed by atoms with Gasteiger partial charge in [-0.05, 0) is 24.6 Å². The van der Waals surface area contributed by atoms with Gasteiger partial charge in [0.25, 0.3) is 0 Å². The van der Waals surface area contributed by atoms with Crippen LogP contribution in [0.5, 0.6) is 11.5 Å². The minimum absolute atomic E-state index is 0.282. The van der Waals surface area contributed by atoms with Crippen molar-refractivity contribution in [3.05, 3.63) is 41.3 Å². The van der Waals surface area contributed by atoms with E-state index in [1.165, 1.54) is 19.0 Å². The molecule has 2 aromatic rings. The normalized spacial score (nSPS) is 10.2. The second-order valence-corrected chi connectivity index (χ2v) is 4.50. The first-order chi connectivity index (χ1) is 9.70. The Balaban J connectivity index is 1.86. The fourth-order valence-electron chi connectivity index (χ4n) is 1.70. The van der Waals surface area contributed by atoms with Crippen LogP contribution < -0.4 is 14.8 Å². The van der Waals surface area contributed by atoms with Crippen LogP contribution in [-0.2, 0) is 0 Å². The third-order valence-corrected chi connectivity index (χ3v) is 2.89. The van der Waals surface area contributed by atoms with E-state index in [-0.39, 0.29) is 5.15 Å². The molecule has 0 bridgehead atoms. The summed E-state index contributed by atoms with van der Waals surface area (Å²) in [7, 11) is 1.53. The molecule has 0 saturated heterocycles. The highest BCUT2D eigenvalue weighted by molar-refractivity contribution is 6.31. The predicted octanol–water partition coefficient (Wildman–Crippen LogP) is 2.94. The monoisotopic (exact) mass is 293 g/mol. The third-order valence-electron chi connectivity index (χ3n) is 2.62. The molecule has 6 heteroatoms. The Morgan fingerprint density at radius 3 is 2.90 bits per heavy atom. The number of aryl methyl sites for hydroxylation is 1. The molecule has 1 aromatic carbocycles. The van der Waals surface area contributed by atoms with E-state index < -0.39 is 0 Å². The van der Waals surface area contributed by atoms with Crippen LogP contribution in [0.1, 0.15) is 5.56 Å². The number of methoxy groups -OCH3 is 1. The topological polar surface area (TPSA) is 56.3 Å². The van der Waals surface area contributed by atoms with Gasteiger partial charge in [0.1, 0.15) is 18.7 Å². The van der Waals surface area contributed by atoms with E-state index in [2.05, 4.69) is 15.3 Å². The van der Waals surface area contributed by atoms with Crippen LogP contribution >= 0.6 is 11.6 Å². The molecule has 0 fully saturated rings. The molecule has 20 heavy (non-hydrogen) atoms. The molecule has 1 heterocycles. The number of hydrogen-bond donors (Lipinski definition) is 1. The number of benzene rings is 1. The highest BCUT2D eigenvalue weighted by Gasteiger charge is 2.09. The number of halogens is 1. The van der Waals surface area contributed by atoms with Gasteiger partial charge in [0.05, 0.1) is 13.7 Å². The van der Waals surface area contributed by atoms with Crippen molar-refractivity contribution in [3.8, 4) is 11.5 Å². The average Bonchev–Trinajstić information content (AvgIpc) is 2.44. The first kappa shape index (κ1) is 14.4. The van der Waals surface area contributed by atoms with E-state index in [1.54, 1.807) is 0 Å². The lowest BCUT2D eigenvalue weighted by molar-refractivity contribution is 0.332. The molecule has 0 atom stereocenters. The Labute approximate surface area is 122 Å². The summed E-state index contributed by atoms with van der Waals surface area (Å²) in [6, 6.07) is 7.90. The Morgan fingerprint density at radius 1 is 1.30 bits per heavy atom. The quantitative estimate of drug-likeness (QED) is 0.655. The zero-order valence-electron chi connectivity index (χ0n) is 11.4. The van der Waals surface area contributed by atoms with Gasteiger partial charge >= 0.3 is 0 Å². The Kier molecular flexibility index (Phi) is 5.01. The maximum Gasteiger partial charge on any atom is 0.198 e. The molecule has 0 saturated carbocycles. The number of ether oxygens (including phenoxy) is 2. The summed E-state index contributed by atoms with van der Waals surface area (Å²) in [4.78, 5) is 7.94. The lowest BCUT2D eigenvalue weighted by Crippen LogP contribution is -2.13. The van der Waals surface area contributed by atoms with Gasteiger partial charge in [-0.25, -0.2) is 9.97 Å². The van der Waals surface area contributed by atoms with Gasteiger partial charge in [-0.3, -0.25) is 0 Å². The number of rotatable bonds is 6. The summed E-state index contributed by atoms with van der Waals surface area (Å²) < 4.78 is 10.8. The minimum Gasteiger partial charge on any atom is -0.492 e. The zero-order valence-corrected chi connectivity index (χ0v) is 12.1. The van der Waals surface area contributed by atoms with E-state index in [0.29, 0.717) is 24.7 Å². The molecule has 1 aromatic heterocycles. The molecule has 0 aliphatic carbocycles. The van der Waals surface area contributed by atoms with E-state index in [0.717, 1.165) is 5.75 Å². The molecule has 1 N–H and O–H groups in total. The molecular weight excluding hydrogens is 278 g/mol. The second-order valence-electron chi connectivity index (χ2n) is 4.14. The van der Waals surface area contributed by atoms with E-state index in [1.807, 2.05) is 31.2 Å². The van der Waals surface area contributed by atoms with Crippen molar-refractivity contribution >= 4 is 17.4 Å². The van der Waals surface area contributed by atoms with Gasteiger partial charge in [0, 0.05) is 0 Å². The zero-order chi connectivity index (χ0) is 14.4. The fourth-order valence-corrected chi connectivity index (χ4v) is 1.91. The van der Waals surface area contributed by atoms with Crippen molar-refractivity contribution in [2.75, 3.05) is 25.6 Å². The van der Waals surface area contributed by atoms with Crippen LogP contribution in [0, 0.1) is 6.92 Å². The summed E-state index contributed by atoms with van der Waals surface area (Å²) in [5.74, 6) is 1.84. The standard InChI is InChI=1S/C14H16ClN3O2/c1-10-4-3-5-11(8-10)20-7-6-16-14-12(19-2)13(15)17-9-18-14/h3-5,8-9H,6-7H2,1-2H3,(H,16,17,18). The van der Waals surface area contributed by atoms with Crippen molar-refractivity contribution in [2.45, 2.75) is 6.92 Å². The maximum absolute atomic E-state index is 5.91. The maximum atomic E-state index is 5.91. The van der Waals surface area contributed by atoms with E-state index in [9.17, 15) is 0 Å². The highest BCUT2D eigenvalue weighted by atomic mass is 35.5. The van der Waals surface area contributed by atoms with Gasteiger partial charge in [-0.2, -0.15) is 0 Å². The second kappa shape index (κ2) is 6.96. The summed E-state index contributed by atoms with van der Waals surface area (Å²) in [6.45, 7) is 3.12. The molecule has 5 nitrogen and oxygen atoms in total. The van der Waals surface area contributed by atoms with Gasteiger partial charge in [-0.1, -0.05) is 23.7 Å². The van der Waals surface area contributed by atoms with E-state index >= 15 is 0 Å². The number of hydrogen-bond acceptors (Lipinski definition) is 5. The average molecular weight is 294 g/mol. The summed E-state index contributed by atoms with van der Waals surface area (Å²) in [6.07, 6.45) is 1.38. The number of anilines is 1. The SMILES string of the molecule is COc1c(Cl)ncnc1NCCOc1cccc(C)c1. The first-order valence-corrected chi connectivity index (χ1v) is 6.56.